The Morgan fingerprint density at radius 1 is 1.27 bits per heavy atom. The van der Waals surface area contributed by atoms with Crippen molar-refractivity contribution >= 4 is 22.5 Å². The van der Waals surface area contributed by atoms with E-state index < -0.39 is 11.5 Å². The van der Waals surface area contributed by atoms with E-state index in [1.54, 1.807) is 37.4 Å². The number of carbonyl (C=O) groups is 1. The quantitative estimate of drug-likeness (QED) is 0.601. The molecule has 30 heavy (non-hydrogen) atoms. The minimum atomic E-state index is -0.640. The van der Waals surface area contributed by atoms with Crippen LogP contribution in [0.2, 0.25) is 0 Å². The molecule has 0 aliphatic carbocycles. The summed E-state index contributed by atoms with van der Waals surface area (Å²) in [4.78, 5) is 31.3. The van der Waals surface area contributed by atoms with Crippen LogP contribution in [-0.2, 0) is 7.05 Å². The summed E-state index contributed by atoms with van der Waals surface area (Å²) >= 11 is 0. The minimum Gasteiger partial charge on any atom is -0.506 e. The first-order valence-corrected chi connectivity index (χ1v) is 9.65. The van der Waals surface area contributed by atoms with Gasteiger partial charge in [-0.3, -0.25) is 9.59 Å². The van der Waals surface area contributed by atoms with E-state index in [-0.39, 0.29) is 11.3 Å². The van der Waals surface area contributed by atoms with Crippen LogP contribution in [0.4, 0.5) is 5.69 Å². The number of aromatic hydroxyl groups is 1. The number of aryl methyl sites for hydroxylation is 1. The largest absolute Gasteiger partial charge is 0.506 e. The lowest BCUT2D eigenvalue weighted by Crippen LogP contribution is -2.34. The summed E-state index contributed by atoms with van der Waals surface area (Å²) in [7, 11) is 4.57. The molecule has 0 unspecified atom stereocenters. The first-order chi connectivity index (χ1) is 14.4. The molecule has 0 aliphatic rings. The van der Waals surface area contributed by atoms with E-state index in [4.69, 9.17) is 9.47 Å². The average Bonchev–Trinajstić information content (AvgIpc) is 2.77. The maximum atomic E-state index is 13.1. The summed E-state index contributed by atoms with van der Waals surface area (Å²) < 4.78 is 12.1. The molecule has 2 heterocycles. The molecule has 158 valence electrons. The van der Waals surface area contributed by atoms with Gasteiger partial charge in [-0.05, 0) is 30.7 Å². The summed E-state index contributed by atoms with van der Waals surface area (Å²) in [5.74, 6) is -0.0395. The van der Waals surface area contributed by atoms with Crippen molar-refractivity contribution in [1.82, 2.24) is 9.55 Å². The fourth-order valence-corrected chi connectivity index (χ4v) is 3.10. The standard InChI is InChI=1S/C22H25N3O5/c1-5-6-11-30-15-8-9-17-16(12-15)20(26)19(22(28)25(17)3)21(27)24(2)14-7-10-18(29-4)23-13-14/h7-10,12-13,26H,5-6,11H2,1-4H3. The Labute approximate surface area is 174 Å². The molecule has 1 N–H and O–H groups in total. The van der Waals surface area contributed by atoms with Crippen molar-refractivity contribution in [2.75, 3.05) is 25.7 Å². The Kier molecular flexibility index (Phi) is 6.25. The second-order valence-corrected chi connectivity index (χ2v) is 6.89. The highest BCUT2D eigenvalue weighted by Gasteiger charge is 2.25. The molecular formula is C22H25N3O5. The number of unbranched alkanes of at least 4 members (excludes halogenated alkanes) is 1. The van der Waals surface area contributed by atoms with Crippen molar-refractivity contribution in [1.29, 1.82) is 0 Å². The van der Waals surface area contributed by atoms with Gasteiger partial charge in [0.25, 0.3) is 11.5 Å². The van der Waals surface area contributed by atoms with Crippen LogP contribution in [0.1, 0.15) is 30.1 Å². The predicted octanol–water partition coefficient (Wildman–Crippen LogP) is 3.10. The highest BCUT2D eigenvalue weighted by Crippen LogP contribution is 2.31. The molecule has 3 aromatic rings. The van der Waals surface area contributed by atoms with Crippen LogP contribution in [0.25, 0.3) is 10.9 Å². The molecule has 0 fully saturated rings. The number of pyridine rings is 2. The van der Waals surface area contributed by atoms with Crippen molar-refractivity contribution in [3.05, 3.63) is 52.4 Å². The van der Waals surface area contributed by atoms with Gasteiger partial charge in [-0.1, -0.05) is 13.3 Å². The van der Waals surface area contributed by atoms with Gasteiger partial charge in [-0.2, -0.15) is 0 Å². The zero-order chi connectivity index (χ0) is 21.8. The molecule has 0 spiro atoms. The number of hydrogen-bond acceptors (Lipinski definition) is 6. The summed E-state index contributed by atoms with van der Waals surface area (Å²) in [6.07, 6.45) is 3.36. The molecule has 3 rings (SSSR count). The topological polar surface area (TPSA) is 93.9 Å². The Morgan fingerprint density at radius 2 is 2.03 bits per heavy atom. The lowest BCUT2D eigenvalue weighted by Gasteiger charge is -2.19. The van der Waals surface area contributed by atoms with E-state index in [9.17, 15) is 14.7 Å². The van der Waals surface area contributed by atoms with E-state index in [1.165, 1.54) is 29.8 Å². The molecule has 2 aromatic heterocycles. The summed E-state index contributed by atoms with van der Waals surface area (Å²) in [5.41, 5.74) is 0.0663. The molecule has 0 atom stereocenters. The molecule has 0 bridgehead atoms. The second-order valence-electron chi connectivity index (χ2n) is 6.89. The number of nitrogens with zero attached hydrogens (tertiary/aromatic N) is 3. The maximum absolute atomic E-state index is 13.1. The molecule has 1 amide bonds. The van der Waals surface area contributed by atoms with Gasteiger partial charge in [0, 0.05) is 25.5 Å². The third-order valence-electron chi connectivity index (χ3n) is 4.94. The first-order valence-electron chi connectivity index (χ1n) is 9.65. The van der Waals surface area contributed by atoms with Gasteiger partial charge in [0.15, 0.2) is 0 Å². The number of anilines is 1. The third kappa shape index (κ3) is 3.94. The fraction of sp³-hybridized carbons (Fsp3) is 0.318. The van der Waals surface area contributed by atoms with Crippen molar-refractivity contribution in [3.8, 4) is 17.4 Å². The van der Waals surface area contributed by atoms with Crippen LogP contribution in [0, 0.1) is 0 Å². The number of methoxy groups -OCH3 is 1. The van der Waals surface area contributed by atoms with Gasteiger partial charge in [-0.25, -0.2) is 4.98 Å². The predicted molar refractivity (Wildman–Crippen MR) is 115 cm³/mol. The lowest BCUT2D eigenvalue weighted by molar-refractivity contribution is 0.0988. The highest BCUT2D eigenvalue weighted by atomic mass is 16.5. The first kappa shape index (κ1) is 21.2. The van der Waals surface area contributed by atoms with E-state index in [0.29, 0.717) is 34.8 Å². The number of carbonyl (C=O) groups excluding carboxylic acids is 1. The van der Waals surface area contributed by atoms with Crippen LogP contribution in [0.15, 0.2) is 41.3 Å². The summed E-state index contributed by atoms with van der Waals surface area (Å²) in [5, 5.41) is 11.2. The molecule has 0 radical (unpaired) electrons. The number of ether oxygens (including phenoxy) is 2. The molecular weight excluding hydrogens is 386 g/mol. The van der Waals surface area contributed by atoms with Crippen LogP contribution in [0.3, 0.4) is 0 Å². The zero-order valence-corrected chi connectivity index (χ0v) is 17.5. The Morgan fingerprint density at radius 3 is 2.67 bits per heavy atom. The van der Waals surface area contributed by atoms with Crippen LogP contribution < -0.4 is 19.9 Å². The number of benzene rings is 1. The van der Waals surface area contributed by atoms with Gasteiger partial charge < -0.3 is 24.0 Å². The fourth-order valence-electron chi connectivity index (χ4n) is 3.10. The van der Waals surface area contributed by atoms with Gasteiger partial charge in [0.05, 0.1) is 31.1 Å². The number of hydrogen-bond donors (Lipinski definition) is 1. The normalized spacial score (nSPS) is 10.8. The van der Waals surface area contributed by atoms with Crippen molar-refractivity contribution in [2.45, 2.75) is 19.8 Å². The van der Waals surface area contributed by atoms with Gasteiger partial charge >= 0.3 is 0 Å². The Bertz CT molecular complexity index is 1120. The molecule has 0 saturated heterocycles. The number of amides is 1. The third-order valence-corrected chi connectivity index (χ3v) is 4.94. The monoisotopic (exact) mass is 411 g/mol. The number of rotatable bonds is 7. The zero-order valence-electron chi connectivity index (χ0n) is 17.5. The van der Waals surface area contributed by atoms with Crippen molar-refractivity contribution in [2.24, 2.45) is 7.05 Å². The average molecular weight is 411 g/mol. The SMILES string of the molecule is CCCCOc1ccc2c(c1)c(O)c(C(=O)N(C)c1ccc(OC)nc1)c(=O)n2C. The Balaban J connectivity index is 2.05. The van der Waals surface area contributed by atoms with E-state index in [1.807, 2.05) is 0 Å². The number of aromatic nitrogens is 2. The van der Waals surface area contributed by atoms with E-state index in [2.05, 4.69) is 11.9 Å². The maximum Gasteiger partial charge on any atom is 0.267 e. The molecule has 0 saturated carbocycles. The summed E-state index contributed by atoms with van der Waals surface area (Å²) in [6, 6.07) is 8.34. The summed E-state index contributed by atoms with van der Waals surface area (Å²) in [6.45, 7) is 2.62. The van der Waals surface area contributed by atoms with E-state index >= 15 is 0 Å². The minimum absolute atomic E-state index is 0.311. The smallest absolute Gasteiger partial charge is 0.267 e. The van der Waals surface area contributed by atoms with Gasteiger partial charge in [0.2, 0.25) is 5.88 Å². The van der Waals surface area contributed by atoms with E-state index in [0.717, 1.165) is 12.8 Å². The van der Waals surface area contributed by atoms with Crippen LogP contribution >= 0.6 is 0 Å². The van der Waals surface area contributed by atoms with Crippen LogP contribution in [0.5, 0.6) is 17.4 Å². The van der Waals surface area contributed by atoms with Crippen LogP contribution in [-0.4, -0.2) is 41.3 Å². The van der Waals surface area contributed by atoms with Crippen molar-refractivity contribution < 1.29 is 19.4 Å². The highest BCUT2D eigenvalue weighted by molar-refractivity contribution is 6.10. The number of fused-ring (bicyclic) bond motifs is 1. The van der Waals surface area contributed by atoms with Gasteiger partial charge in [-0.15, -0.1) is 0 Å². The second kappa shape index (κ2) is 8.86. The molecule has 8 heteroatoms. The Hall–Kier alpha value is -3.55. The molecule has 1 aromatic carbocycles. The lowest BCUT2D eigenvalue weighted by atomic mass is 10.1. The van der Waals surface area contributed by atoms with Gasteiger partial charge in [0.1, 0.15) is 17.1 Å². The van der Waals surface area contributed by atoms with Crippen molar-refractivity contribution in [3.63, 3.8) is 0 Å². The molecule has 0 aliphatic heterocycles. The molecule has 8 nitrogen and oxygen atoms in total.